The van der Waals surface area contributed by atoms with Crippen molar-refractivity contribution >= 4 is 11.8 Å². The number of nitrogens with one attached hydrogen (secondary N) is 1. The summed E-state index contributed by atoms with van der Waals surface area (Å²) in [6.07, 6.45) is 1.56. The highest BCUT2D eigenvalue weighted by atomic mass is 16.4. The van der Waals surface area contributed by atoms with Crippen molar-refractivity contribution in [2.75, 3.05) is 33.2 Å². The van der Waals surface area contributed by atoms with E-state index in [1.807, 2.05) is 42.5 Å². The molecule has 7 N–H and O–H groups in total. The van der Waals surface area contributed by atoms with Crippen LogP contribution in [0.3, 0.4) is 0 Å². The van der Waals surface area contributed by atoms with E-state index < -0.39 is 5.97 Å². The minimum atomic E-state index is -0.937. The Kier molecular flexibility index (Phi) is 10.7. The minimum Gasteiger partial charge on any atom is -0.508 e. The molecule has 1 aliphatic heterocycles. The molecule has 3 atom stereocenters. The molecule has 0 radical (unpaired) electrons. The monoisotopic (exact) mass is 460 g/mol. The molecule has 2 unspecified atom stereocenters. The highest BCUT2D eigenvalue weighted by Crippen LogP contribution is 2.43. The molecule has 0 spiro atoms. The van der Waals surface area contributed by atoms with Crippen LogP contribution in [0, 0.1) is 11.8 Å². The largest absolute Gasteiger partial charge is 0.508 e. The summed E-state index contributed by atoms with van der Waals surface area (Å²) in [6.45, 7) is 4.14. The molecular formula is C25H36N2O6. The Morgan fingerprint density at radius 3 is 2.48 bits per heavy atom. The molecule has 8 nitrogen and oxygen atoms in total. The summed E-state index contributed by atoms with van der Waals surface area (Å²) in [6, 6.07) is 16.6. The summed E-state index contributed by atoms with van der Waals surface area (Å²) in [5, 5.41) is 22.0. The fraction of sp³-hybridized carbons (Fsp3) is 0.440. The molecule has 0 aromatic heterocycles. The topological polar surface area (TPSA) is 153 Å². The number of carbonyl (C=O) groups is 2. The Morgan fingerprint density at radius 1 is 1.15 bits per heavy atom. The third kappa shape index (κ3) is 7.10. The normalized spacial score (nSPS) is 21.3. The van der Waals surface area contributed by atoms with Gasteiger partial charge in [-0.15, -0.1) is 0 Å². The molecule has 0 amide bonds. The van der Waals surface area contributed by atoms with E-state index in [1.165, 1.54) is 0 Å². The highest BCUT2D eigenvalue weighted by molar-refractivity contribution is 5.98. The van der Waals surface area contributed by atoms with E-state index in [4.69, 9.17) is 5.11 Å². The molecule has 182 valence electrons. The fourth-order valence-electron chi connectivity index (χ4n) is 4.69. The van der Waals surface area contributed by atoms with Crippen molar-refractivity contribution in [2.45, 2.75) is 25.2 Å². The Morgan fingerprint density at radius 2 is 1.85 bits per heavy atom. The molecule has 3 rings (SSSR count). The van der Waals surface area contributed by atoms with Crippen molar-refractivity contribution in [2.24, 2.45) is 11.8 Å². The minimum absolute atomic E-state index is 0. The first-order valence-electron chi connectivity index (χ1n) is 10.8. The molecule has 1 aliphatic rings. The van der Waals surface area contributed by atoms with Gasteiger partial charge in [0.05, 0.1) is 6.54 Å². The third-order valence-electron chi connectivity index (χ3n) is 6.62. The Hall–Kier alpha value is -2.78. The number of benzene rings is 2. The zero-order valence-electron chi connectivity index (χ0n) is 19.3. The van der Waals surface area contributed by atoms with Crippen molar-refractivity contribution in [3.63, 3.8) is 0 Å². The number of piperidine rings is 1. The van der Waals surface area contributed by atoms with Gasteiger partial charge in [-0.05, 0) is 55.5 Å². The number of aliphatic carboxylic acids is 1. The fourth-order valence-corrected chi connectivity index (χ4v) is 4.69. The van der Waals surface area contributed by atoms with Crippen LogP contribution >= 0.6 is 0 Å². The van der Waals surface area contributed by atoms with Crippen molar-refractivity contribution in [1.29, 1.82) is 0 Å². The second kappa shape index (κ2) is 12.5. The van der Waals surface area contributed by atoms with Crippen LogP contribution in [0.4, 0.5) is 0 Å². The number of carbonyl (C=O) groups excluding carboxylic acids is 1. The Labute approximate surface area is 194 Å². The number of carboxylic acid groups (broad SMARTS) is 1. The van der Waals surface area contributed by atoms with Gasteiger partial charge in [0, 0.05) is 24.6 Å². The maximum absolute atomic E-state index is 13.3. The standard InChI is InChI=1S/C25H32N2O4.2H2O/c1-25(20-9-6-10-22(28)14-20)11-12-27(2)17-21(25)13-19(15-26-16-23(29)30)24(31)18-7-4-3-5-8-18;;/h3-10,14,19,21,26,28H,11-13,15-17H2,1-2H3,(H,29,30);2*1H2/t19-,21?,25?;;/m1../s1. The lowest BCUT2D eigenvalue weighted by Crippen LogP contribution is -2.48. The summed E-state index contributed by atoms with van der Waals surface area (Å²) >= 11 is 0. The van der Waals surface area contributed by atoms with E-state index in [0.29, 0.717) is 18.5 Å². The molecule has 2 aromatic rings. The average Bonchev–Trinajstić information content (AvgIpc) is 2.75. The SMILES string of the molecule is CN1CCC(C)(c2cccc(O)c2)C(C[C@H](CNCC(=O)O)C(=O)c2ccccc2)C1.O.O. The smallest absolute Gasteiger partial charge is 0.317 e. The van der Waals surface area contributed by atoms with E-state index in [2.05, 4.69) is 30.3 Å². The van der Waals surface area contributed by atoms with Gasteiger partial charge in [-0.3, -0.25) is 9.59 Å². The predicted molar refractivity (Wildman–Crippen MR) is 128 cm³/mol. The molecule has 1 saturated heterocycles. The van der Waals surface area contributed by atoms with E-state index in [-0.39, 0.29) is 46.3 Å². The molecule has 2 aromatic carbocycles. The summed E-state index contributed by atoms with van der Waals surface area (Å²) in [5.41, 5.74) is 1.54. The molecule has 0 bridgehead atoms. The van der Waals surface area contributed by atoms with Crippen LogP contribution in [0.5, 0.6) is 5.75 Å². The quantitative estimate of drug-likeness (QED) is 0.482. The van der Waals surface area contributed by atoms with E-state index in [9.17, 15) is 14.7 Å². The van der Waals surface area contributed by atoms with Crippen LogP contribution in [0.2, 0.25) is 0 Å². The summed E-state index contributed by atoms with van der Waals surface area (Å²) in [4.78, 5) is 26.6. The van der Waals surface area contributed by atoms with Gasteiger partial charge in [0.15, 0.2) is 5.78 Å². The molecular weight excluding hydrogens is 424 g/mol. The maximum atomic E-state index is 13.3. The number of rotatable bonds is 9. The van der Waals surface area contributed by atoms with Gasteiger partial charge in [0.2, 0.25) is 0 Å². The second-order valence-electron chi connectivity index (χ2n) is 8.86. The lowest BCUT2D eigenvalue weighted by Gasteiger charge is -2.46. The van der Waals surface area contributed by atoms with Crippen LogP contribution in [0.25, 0.3) is 0 Å². The van der Waals surface area contributed by atoms with Gasteiger partial charge in [0.25, 0.3) is 0 Å². The zero-order chi connectivity index (χ0) is 22.4. The molecule has 0 saturated carbocycles. The van der Waals surface area contributed by atoms with Gasteiger partial charge in [-0.25, -0.2) is 0 Å². The van der Waals surface area contributed by atoms with Crippen molar-refractivity contribution in [3.05, 3.63) is 65.7 Å². The third-order valence-corrected chi connectivity index (χ3v) is 6.62. The van der Waals surface area contributed by atoms with Crippen molar-refractivity contribution in [1.82, 2.24) is 10.2 Å². The van der Waals surface area contributed by atoms with E-state index in [1.54, 1.807) is 6.07 Å². The second-order valence-corrected chi connectivity index (χ2v) is 8.86. The van der Waals surface area contributed by atoms with Crippen LogP contribution < -0.4 is 5.32 Å². The number of nitrogens with zero attached hydrogens (tertiary/aromatic N) is 1. The maximum Gasteiger partial charge on any atom is 0.317 e. The van der Waals surface area contributed by atoms with Crippen LogP contribution in [0.1, 0.15) is 35.7 Å². The molecule has 1 heterocycles. The van der Waals surface area contributed by atoms with Crippen molar-refractivity contribution in [3.8, 4) is 5.75 Å². The zero-order valence-corrected chi connectivity index (χ0v) is 19.3. The number of phenols is 1. The number of hydrogen-bond acceptors (Lipinski definition) is 5. The van der Waals surface area contributed by atoms with Gasteiger partial charge in [0.1, 0.15) is 5.75 Å². The summed E-state index contributed by atoms with van der Waals surface area (Å²) < 4.78 is 0. The van der Waals surface area contributed by atoms with E-state index >= 15 is 0 Å². The summed E-state index contributed by atoms with van der Waals surface area (Å²) in [5.74, 6) is -0.818. The number of Topliss-reactive ketones (excluding diaryl/α,β-unsaturated/α-hetero) is 1. The van der Waals surface area contributed by atoms with Gasteiger partial charge >= 0.3 is 5.97 Å². The Balaban J connectivity index is 0.00000272. The van der Waals surface area contributed by atoms with Gasteiger partial charge in [-0.1, -0.05) is 49.4 Å². The van der Waals surface area contributed by atoms with Gasteiger partial charge < -0.3 is 31.4 Å². The van der Waals surface area contributed by atoms with Gasteiger partial charge in [-0.2, -0.15) is 0 Å². The van der Waals surface area contributed by atoms with Crippen LogP contribution in [-0.4, -0.2) is 71.0 Å². The number of hydrogen-bond donors (Lipinski definition) is 3. The average molecular weight is 461 g/mol. The number of carboxylic acids is 1. The summed E-state index contributed by atoms with van der Waals surface area (Å²) in [7, 11) is 2.09. The number of likely N-dealkylation sites (tertiary alicyclic amines) is 1. The first-order valence-corrected chi connectivity index (χ1v) is 10.8. The molecule has 8 heteroatoms. The Bertz CT molecular complexity index is 907. The van der Waals surface area contributed by atoms with E-state index in [0.717, 1.165) is 25.1 Å². The first kappa shape index (κ1) is 28.3. The number of phenolic OH excluding ortho intramolecular Hbond substituents is 1. The molecule has 33 heavy (non-hydrogen) atoms. The predicted octanol–water partition coefficient (Wildman–Crippen LogP) is 1.52. The lowest BCUT2D eigenvalue weighted by molar-refractivity contribution is -0.136. The van der Waals surface area contributed by atoms with Crippen LogP contribution in [-0.2, 0) is 10.2 Å². The van der Waals surface area contributed by atoms with Crippen LogP contribution in [0.15, 0.2) is 54.6 Å². The number of aromatic hydroxyl groups is 1. The van der Waals surface area contributed by atoms with Crippen molar-refractivity contribution < 1.29 is 30.8 Å². The first-order chi connectivity index (χ1) is 14.8. The molecule has 0 aliphatic carbocycles. The number of ketones is 1. The lowest BCUT2D eigenvalue weighted by atomic mass is 9.64. The molecule has 1 fully saturated rings. The highest BCUT2D eigenvalue weighted by Gasteiger charge is 2.41.